The van der Waals surface area contributed by atoms with Gasteiger partial charge in [0, 0.05) is 32.0 Å². The van der Waals surface area contributed by atoms with Crippen LogP contribution in [-0.2, 0) is 0 Å². The first kappa shape index (κ1) is 15.6. The second-order valence-electron chi connectivity index (χ2n) is 6.18. The van der Waals surface area contributed by atoms with Crippen molar-refractivity contribution in [2.75, 3.05) is 0 Å². The van der Waals surface area contributed by atoms with E-state index in [1.807, 2.05) is 12.1 Å². The molecule has 5 rings (SSSR count). The van der Waals surface area contributed by atoms with Crippen molar-refractivity contribution in [2.45, 2.75) is 6.04 Å². The van der Waals surface area contributed by atoms with E-state index >= 15 is 0 Å². The molecule has 4 aromatic rings. The van der Waals surface area contributed by atoms with Gasteiger partial charge in [0.15, 0.2) is 0 Å². The van der Waals surface area contributed by atoms with E-state index in [1.165, 1.54) is 20.2 Å². The maximum atomic E-state index is 10.3. The Morgan fingerprint density at radius 1 is 0.962 bits per heavy atom. The normalized spacial score (nSPS) is 16.5. The number of phenolic OH excluding ortho intramolecular Hbond substituents is 1. The average Bonchev–Trinajstić information content (AvgIpc) is 3.25. The fraction of sp³-hybridized carbons (Fsp3) is 0.0476. The molecule has 0 fully saturated rings. The summed E-state index contributed by atoms with van der Waals surface area (Å²) in [7, 11) is 0. The highest BCUT2D eigenvalue weighted by Gasteiger charge is 2.19. The minimum absolute atomic E-state index is 0.198. The number of hydrogen-bond acceptors (Lipinski definition) is 4. The van der Waals surface area contributed by atoms with E-state index in [9.17, 15) is 5.11 Å². The Hall–Kier alpha value is -2.69. The molecule has 2 heterocycles. The van der Waals surface area contributed by atoms with E-state index in [2.05, 4.69) is 52.4 Å². The maximum Gasteiger partial charge on any atom is 0.218 e. The fourth-order valence-electron chi connectivity index (χ4n) is 3.40. The molecule has 1 unspecified atom stereocenters. The smallest absolute Gasteiger partial charge is 0.218 e. The standard InChI is InChI=1S/C21H13ClN2OS/c22-21-23-11-17(24-21)16-10-12(8-9-18(16)25)13-5-3-6-15-14-4-1-2-7-19(14)26-20(13)15/h1-11,17,25H. The van der Waals surface area contributed by atoms with E-state index in [1.54, 1.807) is 23.6 Å². The number of hydrogen-bond donors (Lipinski definition) is 1. The van der Waals surface area contributed by atoms with Crippen molar-refractivity contribution >= 4 is 54.6 Å². The molecule has 126 valence electrons. The number of aromatic hydroxyl groups is 1. The van der Waals surface area contributed by atoms with Gasteiger partial charge in [-0.15, -0.1) is 11.3 Å². The van der Waals surface area contributed by atoms with Crippen molar-refractivity contribution in [3.05, 3.63) is 66.2 Å². The molecule has 0 amide bonds. The van der Waals surface area contributed by atoms with Crippen molar-refractivity contribution in [3.63, 3.8) is 0 Å². The highest BCUT2D eigenvalue weighted by atomic mass is 35.5. The second-order valence-corrected chi connectivity index (χ2v) is 7.57. The molecular weight excluding hydrogens is 364 g/mol. The number of halogens is 1. The Morgan fingerprint density at radius 3 is 2.65 bits per heavy atom. The van der Waals surface area contributed by atoms with Crippen LogP contribution in [0.25, 0.3) is 31.3 Å². The quantitative estimate of drug-likeness (QED) is 0.419. The molecule has 5 heteroatoms. The maximum absolute atomic E-state index is 10.3. The lowest BCUT2D eigenvalue weighted by atomic mass is 9.98. The molecule has 3 aromatic carbocycles. The van der Waals surface area contributed by atoms with Gasteiger partial charge < -0.3 is 5.11 Å². The topological polar surface area (TPSA) is 45.0 Å². The fourth-order valence-corrected chi connectivity index (χ4v) is 4.80. The molecule has 26 heavy (non-hydrogen) atoms. The molecule has 3 nitrogen and oxygen atoms in total. The van der Waals surface area contributed by atoms with Crippen LogP contribution in [-0.4, -0.2) is 16.6 Å². The predicted octanol–water partition coefficient (Wildman–Crippen LogP) is 6.15. The monoisotopic (exact) mass is 376 g/mol. The van der Waals surface area contributed by atoms with Gasteiger partial charge in [0.05, 0.1) is 0 Å². The molecule has 1 aromatic heterocycles. The average molecular weight is 377 g/mol. The highest BCUT2D eigenvalue weighted by Crippen LogP contribution is 2.41. The molecule has 0 saturated carbocycles. The number of phenols is 1. The Balaban J connectivity index is 1.72. The van der Waals surface area contributed by atoms with Crippen molar-refractivity contribution in [3.8, 4) is 16.9 Å². The Morgan fingerprint density at radius 2 is 1.81 bits per heavy atom. The second kappa shape index (κ2) is 5.94. The first-order valence-corrected chi connectivity index (χ1v) is 9.41. The minimum atomic E-state index is -0.343. The first-order valence-electron chi connectivity index (χ1n) is 8.22. The molecule has 0 bridgehead atoms. The van der Waals surface area contributed by atoms with Gasteiger partial charge in [-0.3, -0.25) is 0 Å². The Kier molecular flexibility index (Phi) is 3.55. The number of fused-ring (bicyclic) bond motifs is 3. The van der Waals surface area contributed by atoms with Crippen molar-refractivity contribution in [2.24, 2.45) is 9.98 Å². The summed E-state index contributed by atoms with van der Waals surface area (Å²) in [5.41, 5.74) is 2.90. The van der Waals surface area contributed by atoms with E-state index in [0.717, 1.165) is 11.1 Å². The number of nitrogens with zero attached hydrogens (tertiary/aromatic N) is 2. The summed E-state index contributed by atoms with van der Waals surface area (Å²) in [4.78, 5) is 8.25. The van der Waals surface area contributed by atoms with E-state index in [0.29, 0.717) is 5.56 Å². The zero-order chi connectivity index (χ0) is 17.7. The van der Waals surface area contributed by atoms with Gasteiger partial charge in [-0.25, -0.2) is 9.98 Å². The number of amidine groups is 1. The summed E-state index contributed by atoms with van der Waals surface area (Å²) >= 11 is 7.65. The van der Waals surface area contributed by atoms with Crippen LogP contribution in [0.4, 0.5) is 0 Å². The number of aliphatic imine (C=N–C) groups is 2. The molecule has 0 saturated heterocycles. The summed E-state index contributed by atoms with van der Waals surface area (Å²) in [5.74, 6) is 0.198. The van der Waals surface area contributed by atoms with Gasteiger partial charge in [0.25, 0.3) is 0 Å². The van der Waals surface area contributed by atoms with Crippen LogP contribution in [0.2, 0.25) is 0 Å². The zero-order valence-electron chi connectivity index (χ0n) is 13.6. The van der Waals surface area contributed by atoms with Gasteiger partial charge >= 0.3 is 0 Å². The molecule has 1 aliphatic heterocycles. The lowest BCUT2D eigenvalue weighted by Crippen LogP contribution is -1.95. The van der Waals surface area contributed by atoms with Gasteiger partial charge in [0.1, 0.15) is 11.8 Å². The zero-order valence-corrected chi connectivity index (χ0v) is 15.1. The Labute approximate surface area is 158 Å². The number of benzene rings is 3. The minimum Gasteiger partial charge on any atom is -0.508 e. The molecule has 1 N–H and O–H groups in total. The third kappa shape index (κ3) is 2.42. The van der Waals surface area contributed by atoms with Crippen LogP contribution in [0.1, 0.15) is 11.6 Å². The van der Waals surface area contributed by atoms with E-state index < -0.39 is 0 Å². The third-order valence-corrected chi connectivity index (χ3v) is 6.04. The summed E-state index contributed by atoms with van der Waals surface area (Å²) in [6, 6.07) is 20.1. The Bertz CT molecular complexity index is 1230. The highest BCUT2D eigenvalue weighted by molar-refractivity contribution is 7.26. The van der Waals surface area contributed by atoms with Crippen LogP contribution in [0.5, 0.6) is 5.75 Å². The number of rotatable bonds is 2. The van der Waals surface area contributed by atoms with Gasteiger partial charge in [0.2, 0.25) is 5.29 Å². The van der Waals surface area contributed by atoms with E-state index in [4.69, 9.17) is 11.6 Å². The van der Waals surface area contributed by atoms with Crippen molar-refractivity contribution < 1.29 is 5.11 Å². The summed E-state index contributed by atoms with van der Waals surface area (Å²) in [6.07, 6.45) is 1.65. The van der Waals surface area contributed by atoms with Crippen LogP contribution >= 0.6 is 22.9 Å². The lowest BCUT2D eigenvalue weighted by molar-refractivity contribution is 0.467. The first-order chi connectivity index (χ1) is 12.7. The molecule has 0 aliphatic carbocycles. The SMILES string of the molecule is Oc1ccc(-c2cccc3c2sc2ccccc23)cc1C1C=NC(Cl)=N1. The molecule has 0 spiro atoms. The molecule has 1 aliphatic rings. The lowest BCUT2D eigenvalue weighted by Gasteiger charge is -2.11. The van der Waals surface area contributed by atoms with Crippen LogP contribution < -0.4 is 0 Å². The van der Waals surface area contributed by atoms with Crippen molar-refractivity contribution in [1.82, 2.24) is 0 Å². The summed E-state index contributed by atoms with van der Waals surface area (Å²) < 4.78 is 2.51. The van der Waals surface area contributed by atoms with Gasteiger partial charge in [-0.05, 0) is 40.9 Å². The van der Waals surface area contributed by atoms with Gasteiger partial charge in [-0.1, -0.05) is 42.5 Å². The largest absolute Gasteiger partial charge is 0.508 e. The molecular formula is C21H13ClN2OS. The van der Waals surface area contributed by atoms with Gasteiger partial charge in [-0.2, -0.15) is 0 Å². The van der Waals surface area contributed by atoms with Crippen molar-refractivity contribution in [1.29, 1.82) is 0 Å². The number of thiophene rings is 1. The third-order valence-electron chi connectivity index (χ3n) is 4.63. The summed E-state index contributed by atoms with van der Waals surface area (Å²) in [6.45, 7) is 0. The van der Waals surface area contributed by atoms with Crippen LogP contribution in [0, 0.1) is 0 Å². The summed E-state index contributed by atoms with van der Waals surface area (Å²) in [5, 5.41) is 13.0. The van der Waals surface area contributed by atoms with Crippen LogP contribution in [0.15, 0.2) is 70.6 Å². The molecule has 1 atom stereocenters. The van der Waals surface area contributed by atoms with E-state index in [-0.39, 0.29) is 17.1 Å². The molecule has 0 radical (unpaired) electrons. The predicted molar refractivity (Wildman–Crippen MR) is 111 cm³/mol. The van der Waals surface area contributed by atoms with Crippen LogP contribution in [0.3, 0.4) is 0 Å².